The van der Waals surface area contributed by atoms with Crippen LogP contribution >= 0.6 is 0 Å². The van der Waals surface area contributed by atoms with Gasteiger partial charge in [-0.15, -0.1) is 0 Å². The van der Waals surface area contributed by atoms with Crippen molar-refractivity contribution in [1.82, 2.24) is 10.6 Å². The average molecular weight is 373 g/mol. The first-order valence-corrected chi connectivity index (χ1v) is 10.3. The fraction of sp³-hybridized carbons (Fsp3) is 0.316. The van der Waals surface area contributed by atoms with E-state index in [9.17, 15) is 13.2 Å². The summed E-state index contributed by atoms with van der Waals surface area (Å²) in [6.45, 7) is 1.05. The largest absolute Gasteiger partial charge is 0.338 e. The van der Waals surface area contributed by atoms with Gasteiger partial charge in [-0.25, -0.2) is 13.2 Å². The van der Waals surface area contributed by atoms with E-state index in [-0.39, 0.29) is 18.3 Å². The van der Waals surface area contributed by atoms with Crippen LogP contribution in [0.15, 0.2) is 54.6 Å². The van der Waals surface area contributed by atoms with Crippen molar-refractivity contribution < 1.29 is 13.2 Å². The van der Waals surface area contributed by atoms with Gasteiger partial charge in [-0.2, -0.15) is 0 Å². The van der Waals surface area contributed by atoms with E-state index in [1.54, 1.807) is 0 Å². The molecule has 0 aromatic heterocycles. The zero-order valence-corrected chi connectivity index (χ0v) is 15.3. The van der Waals surface area contributed by atoms with Crippen molar-refractivity contribution in [3.63, 3.8) is 0 Å². The van der Waals surface area contributed by atoms with E-state index in [0.29, 0.717) is 13.1 Å². The molecule has 1 heterocycles. The van der Waals surface area contributed by atoms with E-state index in [1.165, 1.54) is 4.31 Å². The standard InChI is InChI=1S/C19H23N3O3S/c23-19(20-12-10-16-6-2-1-3-7-16)21-13-15-26(24,25)22-14-11-17-8-4-5-9-18(17)22/h1-9H,10-15H2,(H2,20,21,23). The van der Waals surface area contributed by atoms with E-state index in [4.69, 9.17) is 0 Å². The van der Waals surface area contributed by atoms with E-state index >= 15 is 0 Å². The number of hydrogen-bond donors (Lipinski definition) is 2. The quantitative estimate of drug-likeness (QED) is 0.778. The third-order valence-corrected chi connectivity index (χ3v) is 6.14. The van der Waals surface area contributed by atoms with E-state index in [0.717, 1.165) is 29.7 Å². The summed E-state index contributed by atoms with van der Waals surface area (Å²) in [7, 11) is -3.44. The van der Waals surface area contributed by atoms with Gasteiger partial charge in [0.05, 0.1) is 11.4 Å². The lowest BCUT2D eigenvalue weighted by Crippen LogP contribution is -2.41. The van der Waals surface area contributed by atoms with Gasteiger partial charge in [0.2, 0.25) is 10.0 Å². The van der Waals surface area contributed by atoms with Gasteiger partial charge in [0.25, 0.3) is 0 Å². The summed E-state index contributed by atoms with van der Waals surface area (Å²) in [5.41, 5.74) is 2.94. The minimum atomic E-state index is -3.44. The third-order valence-electron chi connectivity index (χ3n) is 4.37. The summed E-state index contributed by atoms with van der Waals surface area (Å²) >= 11 is 0. The molecule has 3 rings (SSSR count). The average Bonchev–Trinajstić information content (AvgIpc) is 3.07. The molecule has 6 nitrogen and oxygen atoms in total. The second kappa shape index (κ2) is 8.23. The second-order valence-electron chi connectivity index (χ2n) is 6.19. The first kappa shape index (κ1) is 18.3. The van der Waals surface area contributed by atoms with Crippen LogP contribution in [0.5, 0.6) is 0 Å². The van der Waals surface area contributed by atoms with Gasteiger partial charge in [0.15, 0.2) is 0 Å². The van der Waals surface area contributed by atoms with Crippen LogP contribution in [0.2, 0.25) is 0 Å². The number of nitrogens with zero attached hydrogens (tertiary/aromatic N) is 1. The van der Waals surface area contributed by atoms with Crippen molar-refractivity contribution in [3.8, 4) is 0 Å². The molecule has 26 heavy (non-hydrogen) atoms. The summed E-state index contributed by atoms with van der Waals surface area (Å²) in [4.78, 5) is 11.8. The maximum absolute atomic E-state index is 12.5. The first-order valence-electron chi connectivity index (χ1n) is 8.70. The molecule has 138 valence electrons. The van der Waals surface area contributed by atoms with Gasteiger partial charge in [0, 0.05) is 19.6 Å². The molecule has 0 aliphatic carbocycles. The van der Waals surface area contributed by atoms with Crippen LogP contribution in [0.3, 0.4) is 0 Å². The molecule has 1 aliphatic heterocycles. The topological polar surface area (TPSA) is 78.5 Å². The van der Waals surface area contributed by atoms with Gasteiger partial charge >= 0.3 is 6.03 Å². The van der Waals surface area contributed by atoms with Crippen LogP contribution in [0.4, 0.5) is 10.5 Å². The summed E-state index contributed by atoms with van der Waals surface area (Å²) in [6, 6.07) is 17.0. The number of carbonyl (C=O) groups excluding carboxylic acids is 1. The summed E-state index contributed by atoms with van der Waals surface area (Å²) in [5, 5.41) is 5.36. The van der Waals surface area contributed by atoms with Crippen LogP contribution in [-0.2, 0) is 22.9 Å². The number of anilines is 1. The number of amides is 2. The van der Waals surface area contributed by atoms with E-state index in [1.807, 2.05) is 54.6 Å². The Hall–Kier alpha value is -2.54. The normalized spacial score (nSPS) is 13.3. The fourth-order valence-electron chi connectivity index (χ4n) is 3.03. The molecule has 0 unspecified atom stereocenters. The molecule has 2 aromatic rings. The van der Waals surface area contributed by atoms with Crippen molar-refractivity contribution >= 4 is 21.7 Å². The number of para-hydroxylation sites is 1. The number of hydrogen-bond acceptors (Lipinski definition) is 3. The predicted octanol–water partition coefficient (Wildman–Crippen LogP) is 1.92. The Bertz CT molecular complexity index is 853. The Kier molecular flexibility index (Phi) is 5.78. The van der Waals surface area contributed by atoms with Gasteiger partial charge in [-0.1, -0.05) is 48.5 Å². The minimum Gasteiger partial charge on any atom is -0.338 e. The Morgan fingerprint density at radius 3 is 2.46 bits per heavy atom. The van der Waals surface area contributed by atoms with Gasteiger partial charge in [0.1, 0.15) is 0 Å². The molecule has 0 radical (unpaired) electrons. The molecule has 2 N–H and O–H groups in total. The van der Waals surface area contributed by atoms with Gasteiger partial charge < -0.3 is 10.6 Å². The zero-order chi connectivity index (χ0) is 18.4. The summed E-state index contributed by atoms with van der Waals surface area (Å²) < 4.78 is 26.5. The van der Waals surface area contributed by atoms with Crippen molar-refractivity contribution in [3.05, 3.63) is 65.7 Å². The summed E-state index contributed by atoms with van der Waals surface area (Å²) in [5.74, 6) is -0.118. The number of sulfonamides is 1. The number of fused-ring (bicyclic) bond motifs is 1. The fourth-order valence-corrected chi connectivity index (χ4v) is 4.46. The lowest BCUT2D eigenvalue weighted by atomic mass is 10.1. The molecular formula is C19H23N3O3S. The van der Waals surface area contributed by atoms with Gasteiger partial charge in [-0.05, 0) is 30.0 Å². The maximum atomic E-state index is 12.5. The highest BCUT2D eigenvalue weighted by atomic mass is 32.2. The molecule has 0 atom stereocenters. The molecule has 7 heteroatoms. The van der Waals surface area contributed by atoms with E-state index < -0.39 is 10.0 Å². The number of nitrogens with one attached hydrogen (secondary N) is 2. The second-order valence-corrected chi connectivity index (χ2v) is 8.20. The van der Waals surface area contributed by atoms with Crippen LogP contribution in [0.1, 0.15) is 11.1 Å². The maximum Gasteiger partial charge on any atom is 0.314 e. The van der Waals surface area contributed by atoms with Crippen molar-refractivity contribution in [1.29, 1.82) is 0 Å². The minimum absolute atomic E-state index is 0.0815. The Morgan fingerprint density at radius 2 is 1.65 bits per heavy atom. The van der Waals surface area contributed by atoms with Crippen LogP contribution < -0.4 is 14.9 Å². The van der Waals surface area contributed by atoms with Crippen LogP contribution in [0, 0.1) is 0 Å². The summed E-state index contributed by atoms with van der Waals surface area (Å²) in [6.07, 6.45) is 1.46. The highest BCUT2D eigenvalue weighted by Crippen LogP contribution is 2.29. The molecule has 0 spiro atoms. The molecule has 2 amide bonds. The molecule has 0 saturated heterocycles. The van der Waals surface area contributed by atoms with Gasteiger partial charge in [-0.3, -0.25) is 4.31 Å². The monoisotopic (exact) mass is 373 g/mol. The van der Waals surface area contributed by atoms with Crippen molar-refractivity contribution in [2.45, 2.75) is 12.8 Å². The number of benzene rings is 2. The molecule has 0 fully saturated rings. The molecule has 0 saturated carbocycles. The number of urea groups is 1. The lowest BCUT2D eigenvalue weighted by Gasteiger charge is -2.19. The predicted molar refractivity (Wildman–Crippen MR) is 103 cm³/mol. The Morgan fingerprint density at radius 1 is 0.962 bits per heavy atom. The lowest BCUT2D eigenvalue weighted by molar-refractivity contribution is 0.241. The Balaban J connectivity index is 1.42. The molecular weight excluding hydrogens is 350 g/mol. The molecule has 0 bridgehead atoms. The van der Waals surface area contributed by atoms with Crippen LogP contribution in [-0.4, -0.2) is 39.8 Å². The van der Waals surface area contributed by atoms with Crippen LogP contribution in [0.25, 0.3) is 0 Å². The third kappa shape index (κ3) is 4.54. The van der Waals surface area contributed by atoms with Crippen molar-refractivity contribution in [2.24, 2.45) is 0 Å². The smallest absolute Gasteiger partial charge is 0.314 e. The number of rotatable bonds is 7. The highest BCUT2D eigenvalue weighted by Gasteiger charge is 2.28. The molecule has 2 aromatic carbocycles. The number of carbonyl (C=O) groups is 1. The first-order chi connectivity index (χ1) is 12.6. The Labute approximate surface area is 154 Å². The SMILES string of the molecule is O=C(NCCc1ccccc1)NCCS(=O)(=O)N1CCc2ccccc21. The molecule has 1 aliphatic rings. The van der Waals surface area contributed by atoms with E-state index in [2.05, 4.69) is 10.6 Å². The zero-order valence-electron chi connectivity index (χ0n) is 14.5. The van der Waals surface area contributed by atoms with Crippen molar-refractivity contribution in [2.75, 3.05) is 29.7 Å². The highest BCUT2D eigenvalue weighted by molar-refractivity contribution is 7.92.